The number of carbonyl (C=O) groups excluding carboxylic acids is 3. The van der Waals surface area contributed by atoms with Crippen LogP contribution in [0.2, 0.25) is 0 Å². The second-order valence-electron chi connectivity index (χ2n) is 3.72. The lowest BCUT2D eigenvalue weighted by molar-refractivity contribution is -0.142. The Morgan fingerprint density at radius 2 is 1.59 bits per heavy atom. The van der Waals surface area contributed by atoms with Gasteiger partial charge in [0.1, 0.15) is 5.92 Å². The third kappa shape index (κ3) is 5.79. The van der Waals surface area contributed by atoms with Crippen molar-refractivity contribution in [3.8, 4) is 0 Å². The van der Waals surface area contributed by atoms with Crippen molar-refractivity contribution < 1.29 is 29.4 Å². The summed E-state index contributed by atoms with van der Waals surface area (Å²) in [5.74, 6) is -1.43. The first-order valence-corrected chi connectivity index (χ1v) is 5.40. The molecule has 0 aromatic rings. The van der Waals surface area contributed by atoms with Crippen molar-refractivity contribution in [2.45, 2.75) is 39.0 Å². The molecular weight excluding hydrogens is 228 g/mol. The van der Waals surface area contributed by atoms with Crippen molar-refractivity contribution in [2.75, 3.05) is 0 Å². The first-order chi connectivity index (χ1) is 7.90. The molecule has 0 radical (unpaired) electrons. The van der Waals surface area contributed by atoms with Crippen LogP contribution in [0.4, 0.5) is 4.79 Å². The molecule has 1 saturated carbocycles. The van der Waals surface area contributed by atoms with Gasteiger partial charge in [-0.2, -0.15) is 0 Å². The molecule has 0 bridgehead atoms. The van der Waals surface area contributed by atoms with Crippen LogP contribution in [0.25, 0.3) is 0 Å². The summed E-state index contributed by atoms with van der Waals surface area (Å²) in [7, 11) is 0. The predicted octanol–water partition coefficient (Wildman–Crippen LogP) is 1.52. The first kappa shape index (κ1) is 15.3. The maximum Gasteiger partial charge on any atom is 0.503 e. The van der Waals surface area contributed by atoms with Crippen molar-refractivity contribution in [2.24, 2.45) is 5.92 Å². The topological polar surface area (TPSA) is 109 Å². The molecule has 0 aromatic heterocycles. The van der Waals surface area contributed by atoms with Gasteiger partial charge in [0.05, 0.1) is 0 Å². The van der Waals surface area contributed by atoms with Crippen molar-refractivity contribution >= 4 is 23.5 Å². The second kappa shape index (κ2) is 7.54. The van der Waals surface area contributed by atoms with Gasteiger partial charge in [-0.05, 0) is 12.8 Å². The van der Waals surface area contributed by atoms with Gasteiger partial charge in [0, 0.05) is 19.3 Å². The quantitative estimate of drug-likeness (QED) is 0.728. The van der Waals surface area contributed by atoms with Crippen LogP contribution < -0.4 is 0 Å². The van der Waals surface area contributed by atoms with E-state index in [9.17, 15) is 14.4 Å². The third-order valence-corrected chi connectivity index (χ3v) is 2.31. The van der Waals surface area contributed by atoms with E-state index >= 15 is 0 Å². The lowest BCUT2D eigenvalue weighted by Crippen LogP contribution is -2.35. The fourth-order valence-corrected chi connectivity index (χ4v) is 1.65. The van der Waals surface area contributed by atoms with E-state index in [1.165, 1.54) is 0 Å². The van der Waals surface area contributed by atoms with E-state index in [-0.39, 0.29) is 17.3 Å². The molecule has 0 unspecified atom stereocenters. The molecule has 0 aromatic carbocycles. The largest absolute Gasteiger partial charge is 0.503 e. The first-order valence-electron chi connectivity index (χ1n) is 5.40. The molecule has 1 aliphatic carbocycles. The summed E-state index contributed by atoms with van der Waals surface area (Å²) >= 11 is 0. The Kier molecular flexibility index (Phi) is 6.77. The predicted molar refractivity (Wildman–Crippen MR) is 57.9 cm³/mol. The summed E-state index contributed by atoms with van der Waals surface area (Å²) in [4.78, 5) is 42.5. The summed E-state index contributed by atoms with van der Waals surface area (Å²) in [6, 6.07) is 0. The van der Waals surface area contributed by atoms with Gasteiger partial charge < -0.3 is 10.2 Å². The van der Waals surface area contributed by atoms with E-state index in [0.717, 1.165) is 0 Å². The Bertz CT molecular complexity index is 300. The Hall–Kier alpha value is -1.72. The summed E-state index contributed by atoms with van der Waals surface area (Å²) in [5, 5.41) is 13.9. The van der Waals surface area contributed by atoms with Gasteiger partial charge in [-0.3, -0.25) is 14.4 Å². The van der Waals surface area contributed by atoms with Crippen LogP contribution >= 0.6 is 0 Å². The number of Topliss-reactive ketones (excluding diaryl/α,β-unsaturated/α-hetero) is 3. The number of rotatable bonds is 3. The molecule has 2 N–H and O–H groups in total. The number of carboxylic acid groups (broad SMARTS) is 2. The average molecular weight is 244 g/mol. The lowest BCUT2D eigenvalue weighted by atomic mass is 9.82. The number of ketones is 3. The zero-order chi connectivity index (χ0) is 13.4. The number of hydrogen-bond donors (Lipinski definition) is 2. The standard InChI is InChI=1S/C10H14O3.CH2O3/c1-2-4-7(11)10-8(12)5-3-6-9(10)13;2-1(3)4/h10H,2-6H2,1H3;(H2,2,3,4). The van der Waals surface area contributed by atoms with E-state index in [1.807, 2.05) is 6.92 Å². The Morgan fingerprint density at radius 1 is 1.18 bits per heavy atom. The molecule has 96 valence electrons. The van der Waals surface area contributed by atoms with Crippen LogP contribution in [-0.4, -0.2) is 33.7 Å². The zero-order valence-electron chi connectivity index (χ0n) is 9.64. The van der Waals surface area contributed by atoms with Crippen molar-refractivity contribution in [3.63, 3.8) is 0 Å². The van der Waals surface area contributed by atoms with Gasteiger partial charge in [0.25, 0.3) is 0 Å². The maximum atomic E-state index is 11.4. The zero-order valence-corrected chi connectivity index (χ0v) is 9.64. The average Bonchev–Trinajstić information content (AvgIpc) is 2.16. The SMILES string of the molecule is CCCC(=O)C1C(=O)CCCC1=O.O=C(O)O. The fraction of sp³-hybridized carbons (Fsp3) is 0.636. The summed E-state index contributed by atoms with van der Waals surface area (Å²) in [6.45, 7) is 1.87. The van der Waals surface area contributed by atoms with Crippen molar-refractivity contribution in [1.82, 2.24) is 0 Å². The fourth-order valence-electron chi connectivity index (χ4n) is 1.65. The summed E-state index contributed by atoms with van der Waals surface area (Å²) in [6.07, 6.45) is 0.628. The Morgan fingerprint density at radius 3 is 1.94 bits per heavy atom. The molecule has 0 atom stereocenters. The van der Waals surface area contributed by atoms with E-state index in [4.69, 9.17) is 15.0 Å². The molecule has 0 saturated heterocycles. The highest BCUT2D eigenvalue weighted by Crippen LogP contribution is 2.19. The molecule has 1 rings (SSSR count). The van der Waals surface area contributed by atoms with Crippen LogP contribution in [-0.2, 0) is 14.4 Å². The summed E-state index contributed by atoms with van der Waals surface area (Å²) < 4.78 is 0. The molecule has 0 aliphatic heterocycles. The molecule has 0 amide bonds. The van der Waals surface area contributed by atoms with Crippen molar-refractivity contribution in [3.05, 3.63) is 0 Å². The lowest BCUT2D eigenvalue weighted by Gasteiger charge is -2.17. The minimum absolute atomic E-state index is 0.172. The minimum Gasteiger partial charge on any atom is -0.450 e. The van der Waals surface area contributed by atoms with Gasteiger partial charge in [0.2, 0.25) is 0 Å². The van der Waals surface area contributed by atoms with Crippen molar-refractivity contribution in [1.29, 1.82) is 0 Å². The highest BCUT2D eigenvalue weighted by molar-refractivity contribution is 6.20. The van der Waals surface area contributed by atoms with Crippen LogP contribution in [0.1, 0.15) is 39.0 Å². The van der Waals surface area contributed by atoms with Gasteiger partial charge in [0.15, 0.2) is 17.3 Å². The van der Waals surface area contributed by atoms with Gasteiger partial charge in [-0.1, -0.05) is 6.92 Å². The van der Waals surface area contributed by atoms with Gasteiger partial charge >= 0.3 is 6.16 Å². The molecule has 1 aliphatic rings. The number of carbonyl (C=O) groups is 4. The van der Waals surface area contributed by atoms with E-state index in [2.05, 4.69) is 0 Å². The number of hydrogen-bond acceptors (Lipinski definition) is 4. The molecule has 6 nitrogen and oxygen atoms in total. The maximum absolute atomic E-state index is 11.4. The van der Waals surface area contributed by atoms with E-state index in [0.29, 0.717) is 32.1 Å². The highest BCUT2D eigenvalue weighted by atomic mass is 16.6. The Balaban J connectivity index is 0.000000557. The normalized spacial score (nSPS) is 16.1. The molecule has 1 fully saturated rings. The summed E-state index contributed by atoms with van der Waals surface area (Å²) in [5.41, 5.74) is 0. The molecule has 0 heterocycles. The van der Waals surface area contributed by atoms with Crippen LogP contribution in [0.3, 0.4) is 0 Å². The van der Waals surface area contributed by atoms with Gasteiger partial charge in [-0.15, -0.1) is 0 Å². The minimum atomic E-state index is -1.83. The van der Waals surface area contributed by atoms with Crippen LogP contribution in [0.5, 0.6) is 0 Å². The monoisotopic (exact) mass is 244 g/mol. The molecular formula is C11H16O6. The molecule has 0 spiro atoms. The highest BCUT2D eigenvalue weighted by Gasteiger charge is 2.34. The van der Waals surface area contributed by atoms with E-state index < -0.39 is 12.1 Å². The van der Waals surface area contributed by atoms with E-state index in [1.54, 1.807) is 0 Å². The smallest absolute Gasteiger partial charge is 0.450 e. The van der Waals surface area contributed by atoms with Crippen LogP contribution in [0, 0.1) is 5.92 Å². The van der Waals surface area contributed by atoms with Crippen LogP contribution in [0.15, 0.2) is 0 Å². The molecule has 6 heteroatoms. The van der Waals surface area contributed by atoms with Gasteiger partial charge in [-0.25, -0.2) is 4.79 Å². The second-order valence-corrected chi connectivity index (χ2v) is 3.72. The molecule has 17 heavy (non-hydrogen) atoms. The third-order valence-electron chi connectivity index (χ3n) is 2.31. The Labute approximate surface area is 98.6 Å².